The lowest BCUT2D eigenvalue weighted by atomic mass is 10.1. The third kappa shape index (κ3) is 3.26. The summed E-state index contributed by atoms with van der Waals surface area (Å²) in [4.78, 5) is 12.7. The van der Waals surface area contributed by atoms with Crippen molar-refractivity contribution in [2.45, 2.75) is 23.5 Å². The fourth-order valence-electron chi connectivity index (χ4n) is 2.13. The zero-order chi connectivity index (χ0) is 16.2. The molecule has 0 heterocycles. The van der Waals surface area contributed by atoms with Gasteiger partial charge in [0, 0.05) is 12.0 Å². The van der Waals surface area contributed by atoms with Gasteiger partial charge in [-0.1, -0.05) is 48.0 Å². The van der Waals surface area contributed by atoms with Crippen LogP contribution in [0.5, 0.6) is 0 Å². The van der Waals surface area contributed by atoms with Crippen molar-refractivity contribution in [3.05, 3.63) is 65.7 Å². The molecule has 0 aliphatic heterocycles. The van der Waals surface area contributed by atoms with Crippen LogP contribution in [0.2, 0.25) is 0 Å². The average Bonchev–Trinajstić information content (AvgIpc) is 2.53. The van der Waals surface area contributed by atoms with Crippen LogP contribution in [-0.2, 0) is 9.84 Å². The Morgan fingerprint density at radius 1 is 1.09 bits per heavy atom. The van der Waals surface area contributed by atoms with Crippen molar-refractivity contribution in [3.63, 3.8) is 0 Å². The first-order valence-electron chi connectivity index (χ1n) is 6.80. The number of hydrogen-bond acceptors (Lipinski definition) is 3. The van der Waals surface area contributed by atoms with Gasteiger partial charge >= 0.3 is 0 Å². The summed E-state index contributed by atoms with van der Waals surface area (Å²) in [6, 6.07) is 14.8. The Hall–Kier alpha value is -2.38. The maximum absolute atomic E-state index is 12.7. The van der Waals surface area contributed by atoms with Crippen LogP contribution in [0, 0.1) is 19.3 Å². The molecule has 2 aromatic carbocycles. The van der Waals surface area contributed by atoms with Gasteiger partial charge in [0.15, 0.2) is 15.6 Å². The highest BCUT2D eigenvalue weighted by Crippen LogP contribution is 2.22. The molecule has 0 aromatic heterocycles. The van der Waals surface area contributed by atoms with E-state index in [9.17, 15) is 13.2 Å². The maximum atomic E-state index is 12.7. The Kier molecular flexibility index (Phi) is 4.79. The quantitative estimate of drug-likeness (QED) is 0.630. The number of Topliss-reactive ketones (excluding diaryl/α,β-unsaturated/α-hetero) is 1. The van der Waals surface area contributed by atoms with Crippen molar-refractivity contribution in [1.29, 1.82) is 0 Å². The zero-order valence-corrected chi connectivity index (χ0v) is 13.0. The Bertz CT molecular complexity index is 798. The average molecular weight is 312 g/mol. The Morgan fingerprint density at radius 3 is 2.23 bits per heavy atom. The van der Waals surface area contributed by atoms with Gasteiger partial charge < -0.3 is 0 Å². The molecular weight excluding hydrogens is 296 g/mol. The smallest absolute Gasteiger partial charge is 0.189 e. The summed E-state index contributed by atoms with van der Waals surface area (Å²) in [5, 5.41) is -1.26. The van der Waals surface area contributed by atoms with Crippen LogP contribution in [0.25, 0.3) is 0 Å². The number of hydrogen-bond donors (Lipinski definition) is 0. The van der Waals surface area contributed by atoms with E-state index in [1.165, 1.54) is 12.1 Å². The summed E-state index contributed by atoms with van der Waals surface area (Å²) in [6.07, 6.45) is 5.13. The van der Waals surface area contributed by atoms with Crippen LogP contribution in [0.4, 0.5) is 0 Å². The first kappa shape index (κ1) is 16.0. The van der Waals surface area contributed by atoms with E-state index in [4.69, 9.17) is 6.42 Å². The Balaban J connectivity index is 2.45. The van der Waals surface area contributed by atoms with E-state index in [0.717, 1.165) is 5.56 Å². The molecule has 3 nitrogen and oxygen atoms in total. The third-order valence-corrected chi connectivity index (χ3v) is 5.44. The maximum Gasteiger partial charge on any atom is 0.189 e. The highest BCUT2D eigenvalue weighted by molar-refractivity contribution is 7.92. The van der Waals surface area contributed by atoms with Crippen molar-refractivity contribution >= 4 is 15.6 Å². The molecule has 0 amide bonds. The van der Waals surface area contributed by atoms with Crippen LogP contribution in [0.15, 0.2) is 59.5 Å². The monoisotopic (exact) mass is 312 g/mol. The van der Waals surface area contributed by atoms with E-state index in [0.29, 0.717) is 5.56 Å². The zero-order valence-electron chi connectivity index (χ0n) is 12.2. The normalized spacial score (nSPS) is 12.4. The van der Waals surface area contributed by atoms with Gasteiger partial charge in [-0.2, -0.15) is 0 Å². The SMILES string of the molecule is C#CCC(C(=O)c1ccccc1)S(=O)(=O)c1ccc(C)cc1. The molecule has 4 heteroatoms. The first-order chi connectivity index (χ1) is 10.5. The number of ketones is 1. The van der Waals surface area contributed by atoms with Crippen LogP contribution in [-0.4, -0.2) is 19.5 Å². The van der Waals surface area contributed by atoms with Crippen molar-refractivity contribution in [3.8, 4) is 12.3 Å². The molecule has 0 fully saturated rings. The van der Waals surface area contributed by atoms with Crippen molar-refractivity contribution in [2.24, 2.45) is 0 Å². The Morgan fingerprint density at radius 2 is 1.68 bits per heavy atom. The highest BCUT2D eigenvalue weighted by Gasteiger charge is 2.33. The molecular formula is C18H16O3S. The van der Waals surface area contributed by atoms with Crippen LogP contribution in [0.1, 0.15) is 22.3 Å². The number of carbonyl (C=O) groups excluding carboxylic acids is 1. The lowest BCUT2D eigenvalue weighted by Crippen LogP contribution is -2.30. The van der Waals surface area contributed by atoms with E-state index in [1.807, 2.05) is 6.92 Å². The molecule has 0 N–H and O–H groups in total. The van der Waals surface area contributed by atoms with Gasteiger partial charge in [0.1, 0.15) is 5.25 Å². The molecule has 0 spiro atoms. The van der Waals surface area contributed by atoms with Gasteiger partial charge in [0.25, 0.3) is 0 Å². The van der Waals surface area contributed by atoms with Gasteiger partial charge in [-0.3, -0.25) is 4.79 Å². The fourth-order valence-corrected chi connectivity index (χ4v) is 3.71. The molecule has 1 atom stereocenters. The molecule has 0 radical (unpaired) electrons. The largest absolute Gasteiger partial charge is 0.293 e. The van der Waals surface area contributed by atoms with E-state index >= 15 is 0 Å². The standard InChI is InChI=1S/C18H16O3S/c1-3-7-17(18(19)15-8-5-4-6-9-15)22(20,21)16-12-10-14(2)11-13-16/h1,4-6,8-13,17H,7H2,2H3. The van der Waals surface area contributed by atoms with Crippen molar-refractivity contribution in [1.82, 2.24) is 0 Å². The van der Waals surface area contributed by atoms with E-state index in [2.05, 4.69) is 5.92 Å². The van der Waals surface area contributed by atoms with Crippen molar-refractivity contribution < 1.29 is 13.2 Å². The summed E-state index contributed by atoms with van der Waals surface area (Å²) in [5.74, 6) is 1.83. The minimum Gasteiger partial charge on any atom is -0.293 e. The molecule has 0 saturated carbocycles. The van der Waals surface area contributed by atoms with Gasteiger partial charge in [-0.15, -0.1) is 12.3 Å². The molecule has 2 rings (SSSR count). The number of carbonyl (C=O) groups is 1. The first-order valence-corrected chi connectivity index (χ1v) is 8.34. The van der Waals surface area contributed by atoms with Crippen LogP contribution in [0.3, 0.4) is 0 Å². The second-order valence-electron chi connectivity index (χ2n) is 4.99. The predicted octanol–water partition coefficient (Wildman–Crippen LogP) is 3.04. The number of terminal acetylenes is 1. The van der Waals surface area contributed by atoms with E-state index < -0.39 is 20.9 Å². The molecule has 1 unspecified atom stereocenters. The van der Waals surface area contributed by atoms with E-state index in [1.54, 1.807) is 42.5 Å². The summed E-state index contributed by atoms with van der Waals surface area (Å²) in [6.45, 7) is 1.87. The lowest BCUT2D eigenvalue weighted by molar-refractivity contribution is 0.0988. The van der Waals surface area contributed by atoms with Crippen LogP contribution >= 0.6 is 0 Å². The molecule has 0 saturated heterocycles. The van der Waals surface area contributed by atoms with Gasteiger partial charge in [-0.25, -0.2) is 8.42 Å². The highest BCUT2D eigenvalue weighted by atomic mass is 32.2. The minimum absolute atomic E-state index is 0.114. The number of aryl methyl sites for hydroxylation is 1. The van der Waals surface area contributed by atoms with E-state index in [-0.39, 0.29) is 11.3 Å². The van der Waals surface area contributed by atoms with Crippen molar-refractivity contribution in [2.75, 3.05) is 0 Å². The number of benzene rings is 2. The number of sulfone groups is 1. The number of rotatable bonds is 5. The third-order valence-electron chi connectivity index (χ3n) is 3.38. The minimum atomic E-state index is -3.82. The fraction of sp³-hybridized carbons (Fsp3) is 0.167. The van der Waals surface area contributed by atoms with Crippen LogP contribution < -0.4 is 0 Å². The molecule has 0 aliphatic rings. The molecule has 112 valence electrons. The summed E-state index contributed by atoms with van der Waals surface area (Å²) >= 11 is 0. The Labute approximate surface area is 130 Å². The second kappa shape index (κ2) is 6.59. The summed E-state index contributed by atoms with van der Waals surface area (Å²) < 4.78 is 25.5. The van der Waals surface area contributed by atoms with Gasteiger partial charge in [-0.05, 0) is 19.1 Å². The molecule has 0 bridgehead atoms. The molecule has 0 aliphatic carbocycles. The topological polar surface area (TPSA) is 51.2 Å². The summed E-state index contributed by atoms with van der Waals surface area (Å²) in [5.41, 5.74) is 1.29. The lowest BCUT2D eigenvalue weighted by Gasteiger charge is -2.15. The van der Waals surface area contributed by atoms with Gasteiger partial charge in [0.05, 0.1) is 4.90 Å². The molecule has 22 heavy (non-hydrogen) atoms. The summed E-state index contributed by atoms with van der Waals surface area (Å²) in [7, 11) is -3.82. The van der Waals surface area contributed by atoms with Gasteiger partial charge in [0.2, 0.25) is 0 Å². The predicted molar refractivity (Wildman–Crippen MR) is 86.4 cm³/mol. The molecule has 2 aromatic rings. The second-order valence-corrected chi connectivity index (χ2v) is 7.12.